The SMILES string of the molecule is CC(C)CNc1nccn1-c1cc(Br)c(F)cc1F. The largest absolute Gasteiger partial charge is 0.355 e. The van der Waals surface area contributed by atoms with Crippen molar-refractivity contribution in [3.63, 3.8) is 0 Å². The van der Waals surface area contributed by atoms with Gasteiger partial charge in [-0.05, 0) is 27.9 Å². The molecule has 3 nitrogen and oxygen atoms in total. The maximum Gasteiger partial charge on any atom is 0.207 e. The number of halogens is 3. The highest BCUT2D eigenvalue weighted by Crippen LogP contribution is 2.25. The summed E-state index contributed by atoms with van der Waals surface area (Å²) in [6.45, 7) is 4.85. The van der Waals surface area contributed by atoms with E-state index in [9.17, 15) is 8.78 Å². The summed E-state index contributed by atoms with van der Waals surface area (Å²) in [6.07, 6.45) is 3.20. The van der Waals surface area contributed by atoms with Crippen molar-refractivity contribution < 1.29 is 8.78 Å². The van der Waals surface area contributed by atoms with Gasteiger partial charge in [0.25, 0.3) is 0 Å². The Morgan fingerprint density at radius 2 is 2.05 bits per heavy atom. The third-order valence-corrected chi connectivity index (χ3v) is 3.17. The Bertz CT molecular complexity index is 581. The molecule has 0 aliphatic heterocycles. The van der Waals surface area contributed by atoms with Gasteiger partial charge in [-0.3, -0.25) is 4.57 Å². The van der Waals surface area contributed by atoms with Crippen molar-refractivity contribution in [3.8, 4) is 5.69 Å². The van der Waals surface area contributed by atoms with E-state index in [1.807, 2.05) is 0 Å². The van der Waals surface area contributed by atoms with Crippen LogP contribution in [0.15, 0.2) is 29.0 Å². The van der Waals surface area contributed by atoms with Gasteiger partial charge >= 0.3 is 0 Å². The van der Waals surface area contributed by atoms with Crippen molar-refractivity contribution in [1.82, 2.24) is 9.55 Å². The molecule has 6 heteroatoms. The highest BCUT2D eigenvalue weighted by Gasteiger charge is 2.13. The fourth-order valence-electron chi connectivity index (χ4n) is 1.62. The van der Waals surface area contributed by atoms with Gasteiger partial charge in [-0.1, -0.05) is 13.8 Å². The van der Waals surface area contributed by atoms with E-state index < -0.39 is 11.6 Å². The van der Waals surface area contributed by atoms with Gasteiger partial charge in [0.15, 0.2) is 0 Å². The van der Waals surface area contributed by atoms with Crippen LogP contribution < -0.4 is 5.32 Å². The lowest BCUT2D eigenvalue weighted by molar-refractivity contribution is 0.573. The molecule has 0 unspecified atom stereocenters. The van der Waals surface area contributed by atoms with Crippen LogP contribution in [0.25, 0.3) is 5.69 Å². The average molecular weight is 330 g/mol. The molecule has 1 heterocycles. The Morgan fingerprint density at radius 1 is 1.32 bits per heavy atom. The third-order valence-electron chi connectivity index (χ3n) is 2.56. The molecule has 0 aliphatic carbocycles. The number of imidazole rings is 1. The Morgan fingerprint density at radius 3 is 2.74 bits per heavy atom. The predicted molar refractivity (Wildman–Crippen MR) is 74.5 cm³/mol. The minimum absolute atomic E-state index is 0.215. The van der Waals surface area contributed by atoms with Gasteiger partial charge < -0.3 is 5.32 Å². The molecule has 1 aromatic heterocycles. The van der Waals surface area contributed by atoms with E-state index in [1.165, 1.54) is 6.07 Å². The van der Waals surface area contributed by atoms with Crippen LogP contribution in [0.5, 0.6) is 0 Å². The van der Waals surface area contributed by atoms with Crippen LogP contribution in [0, 0.1) is 17.6 Å². The second-order valence-electron chi connectivity index (χ2n) is 4.61. The van der Waals surface area contributed by atoms with Gasteiger partial charge in [-0.25, -0.2) is 13.8 Å². The van der Waals surface area contributed by atoms with E-state index in [4.69, 9.17) is 0 Å². The first-order chi connectivity index (χ1) is 8.99. The average Bonchev–Trinajstić information content (AvgIpc) is 2.79. The van der Waals surface area contributed by atoms with E-state index in [-0.39, 0.29) is 10.2 Å². The van der Waals surface area contributed by atoms with E-state index in [1.54, 1.807) is 17.0 Å². The fourth-order valence-corrected chi connectivity index (χ4v) is 1.95. The van der Waals surface area contributed by atoms with Crippen molar-refractivity contribution in [3.05, 3.63) is 40.6 Å². The first-order valence-corrected chi connectivity index (χ1v) is 6.70. The number of nitrogens with zero attached hydrogens (tertiary/aromatic N) is 2. The van der Waals surface area contributed by atoms with E-state index in [2.05, 4.69) is 40.1 Å². The van der Waals surface area contributed by atoms with Gasteiger partial charge in [-0.15, -0.1) is 0 Å². The van der Waals surface area contributed by atoms with Crippen LogP contribution in [0.3, 0.4) is 0 Å². The molecule has 0 amide bonds. The van der Waals surface area contributed by atoms with Crippen LogP contribution in [-0.4, -0.2) is 16.1 Å². The van der Waals surface area contributed by atoms with Crippen molar-refractivity contribution in [2.75, 3.05) is 11.9 Å². The predicted octanol–water partition coefficient (Wildman–Crippen LogP) is 3.98. The van der Waals surface area contributed by atoms with Crippen molar-refractivity contribution >= 4 is 21.9 Å². The molecule has 0 fully saturated rings. The lowest BCUT2D eigenvalue weighted by atomic mass is 10.2. The summed E-state index contributed by atoms with van der Waals surface area (Å²) < 4.78 is 28.8. The zero-order valence-electron chi connectivity index (χ0n) is 10.6. The molecule has 0 saturated carbocycles. The Hall–Kier alpha value is -1.43. The zero-order valence-corrected chi connectivity index (χ0v) is 12.2. The Labute approximate surface area is 118 Å². The van der Waals surface area contributed by atoms with Crippen LogP contribution in [-0.2, 0) is 0 Å². The highest BCUT2D eigenvalue weighted by molar-refractivity contribution is 9.10. The van der Waals surface area contributed by atoms with Crippen molar-refractivity contribution in [1.29, 1.82) is 0 Å². The summed E-state index contributed by atoms with van der Waals surface area (Å²) in [7, 11) is 0. The fraction of sp³-hybridized carbons (Fsp3) is 0.308. The minimum atomic E-state index is -0.633. The summed E-state index contributed by atoms with van der Waals surface area (Å²) in [4.78, 5) is 4.13. The number of benzene rings is 1. The number of hydrogen-bond acceptors (Lipinski definition) is 2. The first-order valence-electron chi connectivity index (χ1n) is 5.91. The Balaban J connectivity index is 2.37. The molecule has 2 rings (SSSR count). The number of anilines is 1. The molecule has 0 spiro atoms. The minimum Gasteiger partial charge on any atom is -0.355 e. The molecular weight excluding hydrogens is 316 g/mol. The molecule has 0 radical (unpaired) electrons. The van der Waals surface area contributed by atoms with Gasteiger partial charge in [0.1, 0.15) is 11.6 Å². The van der Waals surface area contributed by atoms with Crippen molar-refractivity contribution in [2.45, 2.75) is 13.8 Å². The Kier molecular flexibility index (Phi) is 4.19. The summed E-state index contributed by atoms with van der Waals surface area (Å²) in [5.41, 5.74) is 0.247. The van der Waals surface area contributed by atoms with Crippen molar-refractivity contribution in [2.24, 2.45) is 5.92 Å². The molecule has 19 heavy (non-hydrogen) atoms. The standard InChI is InChI=1S/C13H14BrF2N3/c1-8(2)7-18-13-17-3-4-19(13)12-5-9(14)10(15)6-11(12)16/h3-6,8H,7H2,1-2H3,(H,17,18). The van der Waals surface area contributed by atoms with Crippen LogP contribution >= 0.6 is 15.9 Å². The highest BCUT2D eigenvalue weighted by atomic mass is 79.9. The molecule has 2 aromatic rings. The number of hydrogen-bond donors (Lipinski definition) is 1. The molecule has 0 saturated heterocycles. The summed E-state index contributed by atoms with van der Waals surface area (Å²) in [5.74, 6) is -0.287. The van der Waals surface area contributed by atoms with Gasteiger partial charge in [-0.2, -0.15) is 0 Å². The molecule has 0 bridgehead atoms. The van der Waals surface area contributed by atoms with E-state index in [0.717, 1.165) is 12.6 Å². The molecular formula is C13H14BrF2N3. The summed E-state index contributed by atoms with van der Waals surface area (Å²) in [6, 6.07) is 2.25. The van der Waals surface area contributed by atoms with Gasteiger partial charge in [0, 0.05) is 25.0 Å². The maximum absolute atomic E-state index is 13.8. The smallest absolute Gasteiger partial charge is 0.207 e. The van der Waals surface area contributed by atoms with Crippen LogP contribution in [0.1, 0.15) is 13.8 Å². The molecule has 0 aliphatic rings. The van der Waals surface area contributed by atoms with E-state index >= 15 is 0 Å². The quantitative estimate of drug-likeness (QED) is 0.860. The molecule has 0 atom stereocenters. The molecule has 1 aromatic carbocycles. The number of nitrogens with one attached hydrogen (secondary N) is 1. The van der Waals surface area contributed by atoms with Crippen LogP contribution in [0.2, 0.25) is 0 Å². The maximum atomic E-state index is 13.8. The van der Waals surface area contributed by atoms with Crippen LogP contribution in [0.4, 0.5) is 14.7 Å². The first kappa shape index (κ1) is 14.0. The lowest BCUT2D eigenvalue weighted by Gasteiger charge is -2.12. The van der Waals surface area contributed by atoms with E-state index in [0.29, 0.717) is 11.9 Å². The lowest BCUT2D eigenvalue weighted by Crippen LogP contribution is -2.12. The summed E-state index contributed by atoms with van der Waals surface area (Å²) in [5, 5.41) is 3.13. The van der Waals surface area contributed by atoms with Gasteiger partial charge in [0.05, 0.1) is 10.2 Å². The monoisotopic (exact) mass is 329 g/mol. The topological polar surface area (TPSA) is 29.9 Å². The molecule has 1 N–H and O–H groups in total. The second-order valence-corrected chi connectivity index (χ2v) is 5.47. The summed E-state index contributed by atoms with van der Waals surface area (Å²) >= 11 is 3.06. The van der Waals surface area contributed by atoms with Gasteiger partial charge in [0.2, 0.25) is 5.95 Å². The second kappa shape index (κ2) is 5.69. The normalized spacial score (nSPS) is 11.1. The molecule has 102 valence electrons. The number of rotatable bonds is 4. The zero-order chi connectivity index (χ0) is 14.0. The number of aromatic nitrogens is 2. The third kappa shape index (κ3) is 3.12.